The number of benzene rings is 1. The van der Waals surface area contributed by atoms with Crippen LogP contribution in [0.1, 0.15) is 49.9 Å². The minimum Gasteiger partial charge on any atom is -0.309 e. The van der Waals surface area contributed by atoms with Crippen LogP contribution in [0.4, 0.5) is 0 Å². The van der Waals surface area contributed by atoms with E-state index in [0.717, 1.165) is 32.2 Å². The van der Waals surface area contributed by atoms with Crippen LogP contribution in [0, 0.1) is 0 Å². The van der Waals surface area contributed by atoms with Crippen molar-refractivity contribution in [1.82, 2.24) is 4.90 Å². The van der Waals surface area contributed by atoms with E-state index < -0.39 is 0 Å². The van der Waals surface area contributed by atoms with E-state index in [1.807, 2.05) is 0 Å². The fraction of sp³-hybridized carbons (Fsp3) is 0.667. The van der Waals surface area contributed by atoms with E-state index in [9.17, 15) is 0 Å². The van der Waals surface area contributed by atoms with Crippen molar-refractivity contribution < 1.29 is 0 Å². The van der Waals surface area contributed by atoms with Crippen LogP contribution in [0.15, 0.2) is 11.0 Å². The molecule has 0 aromatic heterocycles. The van der Waals surface area contributed by atoms with Crippen LogP contribution >= 0.6 is 11.8 Å². The van der Waals surface area contributed by atoms with Gasteiger partial charge in [0.05, 0.1) is 0 Å². The van der Waals surface area contributed by atoms with Crippen molar-refractivity contribution in [2.24, 2.45) is 0 Å². The molecule has 0 bridgehead atoms. The third-order valence-corrected chi connectivity index (χ3v) is 5.09. The molecule has 2 heteroatoms. The molecule has 1 nitrogen and oxygen atoms in total. The van der Waals surface area contributed by atoms with Crippen molar-refractivity contribution in [3.05, 3.63) is 28.3 Å². The van der Waals surface area contributed by atoms with Crippen molar-refractivity contribution in [3.8, 4) is 0 Å². The molecule has 0 heterocycles. The summed E-state index contributed by atoms with van der Waals surface area (Å²) in [5, 5.41) is 0. The van der Waals surface area contributed by atoms with Crippen LogP contribution in [0.5, 0.6) is 0 Å². The largest absolute Gasteiger partial charge is 0.309 e. The summed E-state index contributed by atoms with van der Waals surface area (Å²) < 4.78 is 0. The Kier molecular flexibility index (Phi) is 7.68. The standard InChI is InChI=1S/C18H31NS/c1-7-14-13-15(8-2)17(10-4)18(16(14)9-3)20-12-11-19(5)6/h13H,7-12H2,1-6H3. The summed E-state index contributed by atoms with van der Waals surface area (Å²) in [5.74, 6) is 1.18. The zero-order valence-corrected chi connectivity index (χ0v) is 15.0. The van der Waals surface area contributed by atoms with E-state index >= 15 is 0 Å². The Morgan fingerprint density at radius 2 is 1.35 bits per heavy atom. The molecule has 0 N–H and O–H groups in total. The SMILES string of the molecule is CCc1cc(CC)c(CC)c(SCCN(C)C)c1CC. The second-order valence-corrected chi connectivity index (χ2v) is 6.65. The Morgan fingerprint density at radius 1 is 0.850 bits per heavy atom. The molecule has 1 aromatic rings. The normalized spacial score (nSPS) is 11.3. The topological polar surface area (TPSA) is 3.24 Å². The van der Waals surface area contributed by atoms with Gasteiger partial charge in [-0.3, -0.25) is 0 Å². The molecular weight excluding hydrogens is 262 g/mol. The van der Waals surface area contributed by atoms with Crippen molar-refractivity contribution in [3.63, 3.8) is 0 Å². The Morgan fingerprint density at radius 3 is 1.70 bits per heavy atom. The van der Waals surface area contributed by atoms with Crippen LogP contribution in [0.3, 0.4) is 0 Å². The average Bonchev–Trinajstić information content (AvgIpc) is 2.45. The predicted octanol–water partition coefficient (Wildman–Crippen LogP) is 4.59. The molecular formula is C18H31NS. The summed E-state index contributed by atoms with van der Waals surface area (Å²) in [5.41, 5.74) is 6.33. The first-order valence-electron chi connectivity index (χ1n) is 8.02. The fourth-order valence-corrected chi connectivity index (χ4v) is 4.33. The maximum absolute atomic E-state index is 2.47. The molecule has 0 aliphatic heterocycles. The molecule has 0 fully saturated rings. The third-order valence-electron chi connectivity index (χ3n) is 3.93. The van der Waals surface area contributed by atoms with Gasteiger partial charge in [0.2, 0.25) is 0 Å². The van der Waals surface area contributed by atoms with Crippen LogP contribution in [-0.2, 0) is 25.7 Å². The molecule has 0 aliphatic carbocycles. The van der Waals surface area contributed by atoms with Gasteiger partial charge in [-0.25, -0.2) is 0 Å². The smallest absolute Gasteiger partial charge is 0.0142 e. The van der Waals surface area contributed by atoms with Gasteiger partial charge in [0, 0.05) is 17.2 Å². The van der Waals surface area contributed by atoms with Gasteiger partial charge in [-0.2, -0.15) is 0 Å². The lowest BCUT2D eigenvalue weighted by atomic mass is 9.93. The first-order valence-corrected chi connectivity index (χ1v) is 9.01. The molecule has 0 saturated heterocycles. The Balaban J connectivity index is 3.19. The van der Waals surface area contributed by atoms with Gasteiger partial charge in [-0.05, 0) is 62.0 Å². The maximum atomic E-state index is 2.47. The molecule has 0 aliphatic rings. The summed E-state index contributed by atoms with van der Waals surface area (Å²) in [6, 6.07) is 2.47. The van der Waals surface area contributed by atoms with Crippen LogP contribution < -0.4 is 0 Å². The van der Waals surface area contributed by atoms with E-state index in [4.69, 9.17) is 0 Å². The number of rotatable bonds is 8. The summed E-state index contributed by atoms with van der Waals surface area (Å²) >= 11 is 2.07. The van der Waals surface area contributed by atoms with Crippen molar-refractivity contribution in [2.75, 3.05) is 26.4 Å². The molecule has 1 rings (SSSR count). The monoisotopic (exact) mass is 293 g/mol. The molecule has 0 atom stereocenters. The summed E-state index contributed by atoms with van der Waals surface area (Å²) in [6.07, 6.45) is 4.62. The Hall–Kier alpha value is -0.470. The van der Waals surface area contributed by atoms with Crippen LogP contribution in [-0.4, -0.2) is 31.3 Å². The van der Waals surface area contributed by atoms with Crippen molar-refractivity contribution >= 4 is 11.8 Å². The molecule has 20 heavy (non-hydrogen) atoms. The minimum atomic E-state index is 1.15. The van der Waals surface area contributed by atoms with Crippen LogP contribution in [0.2, 0.25) is 0 Å². The average molecular weight is 294 g/mol. The number of hydrogen-bond donors (Lipinski definition) is 0. The van der Waals surface area contributed by atoms with E-state index in [2.05, 4.69) is 64.5 Å². The van der Waals surface area contributed by atoms with Gasteiger partial charge in [-0.15, -0.1) is 11.8 Å². The van der Waals surface area contributed by atoms with E-state index in [-0.39, 0.29) is 0 Å². The second-order valence-electron chi connectivity index (χ2n) is 5.55. The molecule has 0 unspecified atom stereocenters. The van der Waals surface area contributed by atoms with Gasteiger partial charge in [-0.1, -0.05) is 33.8 Å². The Labute approximate surface area is 130 Å². The lowest BCUT2D eigenvalue weighted by Crippen LogP contribution is -2.15. The zero-order valence-electron chi connectivity index (χ0n) is 14.2. The molecule has 114 valence electrons. The van der Waals surface area contributed by atoms with Gasteiger partial charge < -0.3 is 4.90 Å². The van der Waals surface area contributed by atoms with Crippen molar-refractivity contribution in [1.29, 1.82) is 0 Å². The third kappa shape index (κ3) is 4.26. The highest BCUT2D eigenvalue weighted by Gasteiger charge is 2.15. The van der Waals surface area contributed by atoms with Crippen LogP contribution in [0.25, 0.3) is 0 Å². The number of hydrogen-bond acceptors (Lipinski definition) is 2. The molecule has 0 saturated carbocycles. The van der Waals surface area contributed by atoms with Gasteiger partial charge >= 0.3 is 0 Å². The Bertz CT molecular complexity index is 394. The second kappa shape index (κ2) is 8.74. The maximum Gasteiger partial charge on any atom is 0.0142 e. The van der Waals surface area contributed by atoms with Gasteiger partial charge in [0.1, 0.15) is 0 Å². The van der Waals surface area contributed by atoms with E-state index in [1.54, 1.807) is 27.1 Å². The highest BCUT2D eigenvalue weighted by Crippen LogP contribution is 2.34. The molecule has 0 amide bonds. The highest BCUT2D eigenvalue weighted by atomic mass is 32.2. The quantitative estimate of drug-likeness (QED) is 0.645. The molecule has 0 radical (unpaired) electrons. The molecule has 0 spiro atoms. The van der Waals surface area contributed by atoms with E-state index in [1.165, 1.54) is 5.75 Å². The predicted molar refractivity (Wildman–Crippen MR) is 93.2 cm³/mol. The lowest BCUT2D eigenvalue weighted by Gasteiger charge is -2.21. The number of aryl methyl sites for hydroxylation is 2. The fourth-order valence-electron chi connectivity index (χ4n) is 2.77. The zero-order chi connectivity index (χ0) is 15.1. The van der Waals surface area contributed by atoms with Gasteiger partial charge in [0.15, 0.2) is 0 Å². The lowest BCUT2D eigenvalue weighted by molar-refractivity contribution is 0.437. The summed E-state index contributed by atoms with van der Waals surface area (Å²) in [6.45, 7) is 10.3. The molecule has 1 aromatic carbocycles. The highest BCUT2D eigenvalue weighted by molar-refractivity contribution is 7.99. The number of thioether (sulfide) groups is 1. The summed E-state index contributed by atoms with van der Waals surface area (Å²) in [4.78, 5) is 3.86. The van der Waals surface area contributed by atoms with Gasteiger partial charge in [0.25, 0.3) is 0 Å². The summed E-state index contributed by atoms with van der Waals surface area (Å²) in [7, 11) is 4.31. The first-order chi connectivity index (χ1) is 9.58. The number of nitrogens with zero attached hydrogens (tertiary/aromatic N) is 1. The first kappa shape index (κ1) is 17.6. The van der Waals surface area contributed by atoms with Crippen molar-refractivity contribution in [2.45, 2.75) is 58.3 Å². The van der Waals surface area contributed by atoms with E-state index in [0.29, 0.717) is 0 Å². The minimum absolute atomic E-state index is 1.15.